The summed E-state index contributed by atoms with van der Waals surface area (Å²) in [5.74, 6) is 1.00. The molecular weight excluding hydrogens is 422 g/mol. The molecule has 0 spiro atoms. The van der Waals surface area contributed by atoms with Crippen LogP contribution in [0.1, 0.15) is 0 Å². The molecule has 4 heterocycles. The second-order valence-electron chi connectivity index (χ2n) is 7.50. The van der Waals surface area contributed by atoms with E-state index in [1.54, 1.807) is 69.8 Å². The molecule has 5 nitrogen and oxygen atoms in total. The number of hydrogen-bond donors (Lipinski definition) is 0. The van der Waals surface area contributed by atoms with Crippen molar-refractivity contribution in [3.8, 4) is 23.4 Å². The van der Waals surface area contributed by atoms with Gasteiger partial charge in [-0.3, -0.25) is 9.13 Å². The maximum absolute atomic E-state index is 14.3. The Labute approximate surface area is 187 Å². The quantitative estimate of drug-likeness (QED) is 0.318. The Morgan fingerprint density at radius 3 is 1.48 bits per heavy atom. The van der Waals surface area contributed by atoms with E-state index in [0.717, 1.165) is 0 Å². The van der Waals surface area contributed by atoms with Crippen molar-refractivity contribution in [2.24, 2.45) is 0 Å². The van der Waals surface area contributed by atoms with Gasteiger partial charge in [-0.2, -0.15) is 9.97 Å². The maximum Gasteiger partial charge on any atom is 0.223 e. The molecule has 0 saturated heterocycles. The highest BCUT2D eigenvalue weighted by atomic mass is 19.1. The van der Waals surface area contributed by atoms with Crippen LogP contribution < -0.4 is 4.74 Å². The molecule has 0 aliphatic rings. The molecule has 0 atom stereocenters. The molecular formula is C26H16F2N4O. The fourth-order valence-electron chi connectivity index (χ4n) is 3.95. The molecule has 0 unspecified atom stereocenters. The number of ether oxygens (including phenoxy) is 1. The molecule has 2 aromatic carbocycles. The van der Waals surface area contributed by atoms with Crippen LogP contribution in [-0.4, -0.2) is 19.1 Å². The largest absolute Gasteiger partial charge is 0.421 e. The molecule has 0 aliphatic carbocycles. The summed E-state index contributed by atoms with van der Waals surface area (Å²) in [5.41, 5.74) is 1.42. The van der Waals surface area contributed by atoms with E-state index in [4.69, 9.17) is 4.74 Å². The molecule has 33 heavy (non-hydrogen) atoms. The summed E-state index contributed by atoms with van der Waals surface area (Å²) in [6.45, 7) is 0. The van der Waals surface area contributed by atoms with Gasteiger partial charge in [-0.05, 0) is 36.4 Å². The number of benzene rings is 2. The Kier molecular flexibility index (Phi) is 4.40. The van der Waals surface area contributed by atoms with Gasteiger partial charge in [-0.25, -0.2) is 8.78 Å². The highest BCUT2D eigenvalue weighted by molar-refractivity contribution is 5.83. The smallest absolute Gasteiger partial charge is 0.223 e. The molecule has 160 valence electrons. The van der Waals surface area contributed by atoms with Gasteiger partial charge in [-0.15, -0.1) is 0 Å². The van der Waals surface area contributed by atoms with Crippen molar-refractivity contribution < 1.29 is 13.5 Å². The summed E-state index contributed by atoms with van der Waals surface area (Å²) in [6.07, 6.45) is 2.81. The van der Waals surface area contributed by atoms with Crippen molar-refractivity contribution in [3.05, 3.63) is 109 Å². The maximum atomic E-state index is 14.3. The third-order valence-corrected chi connectivity index (χ3v) is 5.45. The number of nitrogens with zero attached hydrogens (tertiary/aromatic N) is 4. The van der Waals surface area contributed by atoms with E-state index < -0.39 is 0 Å². The van der Waals surface area contributed by atoms with Crippen LogP contribution in [0.2, 0.25) is 0 Å². The predicted octanol–water partition coefficient (Wildman–Crippen LogP) is 6.43. The zero-order valence-corrected chi connectivity index (χ0v) is 17.2. The van der Waals surface area contributed by atoms with E-state index in [1.165, 1.54) is 12.4 Å². The van der Waals surface area contributed by atoms with Crippen LogP contribution in [0.5, 0.6) is 11.8 Å². The fraction of sp³-hybridized carbons (Fsp3) is 0. The van der Waals surface area contributed by atoms with Gasteiger partial charge in [0, 0.05) is 35.3 Å². The molecule has 7 heteroatoms. The molecule has 6 aromatic rings. The molecule has 0 bridgehead atoms. The van der Waals surface area contributed by atoms with Crippen LogP contribution in [0, 0.1) is 11.6 Å². The molecule has 0 fully saturated rings. The van der Waals surface area contributed by atoms with Crippen LogP contribution in [-0.2, 0) is 0 Å². The molecule has 6 rings (SSSR count). The van der Waals surface area contributed by atoms with Gasteiger partial charge in [0.2, 0.25) is 11.8 Å². The Morgan fingerprint density at radius 2 is 1.00 bits per heavy atom. The van der Waals surface area contributed by atoms with Gasteiger partial charge >= 0.3 is 0 Å². The minimum absolute atomic E-state index is 0.305. The molecule has 4 aromatic heterocycles. The number of hydrogen-bond acceptors (Lipinski definition) is 3. The van der Waals surface area contributed by atoms with Crippen LogP contribution in [0.3, 0.4) is 0 Å². The number of fused-ring (bicyclic) bond motifs is 2. The summed E-state index contributed by atoms with van der Waals surface area (Å²) < 4.78 is 37.9. The third kappa shape index (κ3) is 3.30. The lowest BCUT2D eigenvalue weighted by molar-refractivity contribution is 0.443. The van der Waals surface area contributed by atoms with Crippen LogP contribution in [0.4, 0.5) is 8.78 Å². The van der Waals surface area contributed by atoms with E-state index in [0.29, 0.717) is 45.2 Å². The van der Waals surface area contributed by atoms with Gasteiger partial charge < -0.3 is 4.74 Å². The van der Waals surface area contributed by atoms with E-state index in [-0.39, 0.29) is 11.6 Å². The van der Waals surface area contributed by atoms with Crippen LogP contribution >= 0.6 is 0 Å². The van der Waals surface area contributed by atoms with Crippen molar-refractivity contribution in [1.29, 1.82) is 0 Å². The number of pyridine rings is 2. The zero-order valence-electron chi connectivity index (χ0n) is 17.2. The van der Waals surface area contributed by atoms with Crippen molar-refractivity contribution in [1.82, 2.24) is 19.1 Å². The van der Waals surface area contributed by atoms with Crippen LogP contribution in [0.15, 0.2) is 97.3 Å². The van der Waals surface area contributed by atoms with Gasteiger partial charge in [-0.1, -0.05) is 36.4 Å². The number of halogens is 2. The molecule has 0 N–H and O–H groups in total. The van der Waals surface area contributed by atoms with Gasteiger partial charge in [0.05, 0.1) is 11.0 Å². The summed E-state index contributed by atoms with van der Waals surface area (Å²) in [5, 5.41) is 1.04. The van der Waals surface area contributed by atoms with Gasteiger partial charge in [0.15, 0.2) is 0 Å². The summed E-state index contributed by atoms with van der Waals surface area (Å²) >= 11 is 0. The van der Waals surface area contributed by atoms with Crippen molar-refractivity contribution >= 4 is 21.8 Å². The lowest BCUT2D eigenvalue weighted by Crippen LogP contribution is -2.00. The SMILES string of the molecule is Fc1cn(-c2cccc(Oc3cccc(-n4cc(F)c5ccccc54)n3)n2)c2ccccc12. The Bertz CT molecular complexity index is 1520. The number of aromatic nitrogens is 4. The first-order valence-corrected chi connectivity index (χ1v) is 10.3. The summed E-state index contributed by atoms with van der Waals surface area (Å²) in [6, 6.07) is 24.9. The number of para-hydroxylation sites is 2. The van der Waals surface area contributed by atoms with Crippen molar-refractivity contribution in [3.63, 3.8) is 0 Å². The monoisotopic (exact) mass is 438 g/mol. The van der Waals surface area contributed by atoms with Crippen molar-refractivity contribution in [2.75, 3.05) is 0 Å². The van der Waals surface area contributed by atoms with Gasteiger partial charge in [0.25, 0.3) is 0 Å². The van der Waals surface area contributed by atoms with E-state index in [2.05, 4.69) is 9.97 Å². The average molecular weight is 438 g/mol. The predicted molar refractivity (Wildman–Crippen MR) is 122 cm³/mol. The first-order valence-electron chi connectivity index (χ1n) is 10.3. The standard InChI is InChI=1S/C26H16F2N4O/c27-19-15-31(21-9-3-1-7-17(19)21)23-11-5-13-25(29-23)33-26-14-6-12-24(30-26)32-16-20(28)18-8-2-4-10-22(18)32/h1-16H. The minimum Gasteiger partial charge on any atom is -0.421 e. The molecule has 0 aliphatic heterocycles. The summed E-state index contributed by atoms with van der Waals surface area (Å²) in [4.78, 5) is 9.05. The zero-order chi connectivity index (χ0) is 22.4. The van der Waals surface area contributed by atoms with E-state index >= 15 is 0 Å². The molecule has 0 saturated carbocycles. The lowest BCUT2D eigenvalue weighted by Gasteiger charge is -2.09. The van der Waals surface area contributed by atoms with E-state index in [9.17, 15) is 8.78 Å². The minimum atomic E-state index is -0.320. The highest BCUT2D eigenvalue weighted by Gasteiger charge is 2.13. The van der Waals surface area contributed by atoms with E-state index in [1.807, 2.05) is 24.3 Å². The average Bonchev–Trinajstić information content (AvgIpc) is 3.37. The number of rotatable bonds is 4. The molecule has 0 amide bonds. The first-order chi connectivity index (χ1) is 16.2. The highest BCUT2D eigenvalue weighted by Crippen LogP contribution is 2.27. The Morgan fingerprint density at radius 1 is 0.545 bits per heavy atom. The van der Waals surface area contributed by atoms with Crippen molar-refractivity contribution in [2.45, 2.75) is 0 Å². The van der Waals surface area contributed by atoms with Gasteiger partial charge in [0.1, 0.15) is 23.3 Å². The second-order valence-corrected chi connectivity index (χ2v) is 7.50. The van der Waals surface area contributed by atoms with Crippen LogP contribution in [0.25, 0.3) is 33.4 Å². The molecule has 0 radical (unpaired) electrons. The second kappa shape index (κ2) is 7.56. The third-order valence-electron chi connectivity index (χ3n) is 5.45. The Hall–Kier alpha value is -4.52. The summed E-state index contributed by atoms with van der Waals surface area (Å²) in [7, 11) is 0. The lowest BCUT2D eigenvalue weighted by atomic mass is 10.2. The topological polar surface area (TPSA) is 44.9 Å². The first kappa shape index (κ1) is 19.2. The normalized spacial score (nSPS) is 11.3. The Balaban J connectivity index is 1.35. The fourth-order valence-corrected chi connectivity index (χ4v) is 3.95.